The van der Waals surface area contributed by atoms with Gasteiger partial charge in [0.2, 0.25) is 5.91 Å². The summed E-state index contributed by atoms with van der Waals surface area (Å²) in [6.45, 7) is 8.64. The maximum absolute atomic E-state index is 12.8. The molecule has 2 atom stereocenters. The number of aryl methyl sites for hydroxylation is 1. The van der Waals surface area contributed by atoms with Crippen LogP contribution >= 0.6 is 0 Å². The first kappa shape index (κ1) is 13.4. The van der Waals surface area contributed by atoms with E-state index >= 15 is 0 Å². The van der Waals surface area contributed by atoms with Crippen molar-refractivity contribution in [1.82, 2.24) is 5.32 Å². The zero-order valence-corrected chi connectivity index (χ0v) is 12.3. The molecule has 2 aliphatic heterocycles. The molecule has 4 heteroatoms. The van der Waals surface area contributed by atoms with Crippen molar-refractivity contribution in [1.29, 1.82) is 0 Å². The minimum Gasteiger partial charge on any atom is -0.487 e. The Morgan fingerprint density at radius 2 is 2.20 bits per heavy atom. The summed E-state index contributed by atoms with van der Waals surface area (Å²) in [4.78, 5) is 14.7. The Hall–Kier alpha value is -1.55. The fourth-order valence-electron chi connectivity index (χ4n) is 2.87. The second-order valence-corrected chi connectivity index (χ2v) is 6.06. The van der Waals surface area contributed by atoms with Gasteiger partial charge in [0, 0.05) is 5.92 Å². The lowest BCUT2D eigenvalue weighted by molar-refractivity contribution is -0.124. The Bertz CT molecular complexity index is 525. The Morgan fingerprint density at radius 1 is 1.45 bits per heavy atom. The number of carbonyl (C=O) groups is 1. The molecule has 1 saturated heterocycles. The van der Waals surface area contributed by atoms with Crippen LogP contribution in [0.4, 0.5) is 5.69 Å². The third kappa shape index (κ3) is 2.29. The van der Waals surface area contributed by atoms with Crippen LogP contribution in [0.15, 0.2) is 18.2 Å². The number of hydrogen-bond donors (Lipinski definition) is 1. The lowest BCUT2D eigenvalue weighted by Gasteiger charge is -2.38. The molecule has 0 saturated carbocycles. The highest BCUT2D eigenvalue weighted by Crippen LogP contribution is 2.35. The van der Waals surface area contributed by atoms with Gasteiger partial charge in [0.1, 0.15) is 11.9 Å². The summed E-state index contributed by atoms with van der Waals surface area (Å²) >= 11 is 0. The van der Waals surface area contributed by atoms with Crippen LogP contribution in [0.1, 0.15) is 19.4 Å². The number of anilines is 1. The lowest BCUT2D eigenvalue weighted by atomic mass is 9.87. The molecule has 2 heterocycles. The topological polar surface area (TPSA) is 41.6 Å². The highest BCUT2D eigenvalue weighted by atomic mass is 16.5. The highest BCUT2D eigenvalue weighted by molar-refractivity contribution is 5.97. The minimum absolute atomic E-state index is 0.0416. The van der Waals surface area contributed by atoms with Crippen LogP contribution in [0.25, 0.3) is 0 Å². The molecule has 20 heavy (non-hydrogen) atoms. The molecule has 0 aliphatic carbocycles. The molecule has 2 unspecified atom stereocenters. The summed E-state index contributed by atoms with van der Waals surface area (Å²) < 4.78 is 5.87. The zero-order chi connectivity index (χ0) is 14.3. The van der Waals surface area contributed by atoms with Crippen LogP contribution < -0.4 is 15.0 Å². The monoisotopic (exact) mass is 274 g/mol. The average molecular weight is 274 g/mol. The Labute approximate surface area is 120 Å². The van der Waals surface area contributed by atoms with Gasteiger partial charge in [-0.2, -0.15) is 0 Å². The summed E-state index contributed by atoms with van der Waals surface area (Å²) in [5.41, 5.74) is 2.07. The van der Waals surface area contributed by atoms with E-state index in [-0.39, 0.29) is 17.9 Å². The minimum atomic E-state index is 0.0416. The van der Waals surface area contributed by atoms with Gasteiger partial charge in [-0.25, -0.2) is 0 Å². The Balaban J connectivity index is 1.88. The third-order valence-corrected chi connectivity index (χ3v) is 4.35. The first-order valence-corrected chi connectivity index (χ1v) is 7.35. The van der Waals surface area contributed by atoms with Gasteiger partial charge in [-0.05, 0) is 50.6 Å². The van der Waals surface area contributed by atoms with Gasteiger partial charge >= 0.3 is 0 Å². The largest absolute Gasteiger partial charge is 0.487 e. The van der Waals surface area contributed by atoms with Crippen molar-refractivity contribution >= 4 is 11.6 Å². The number of ether oxygens (including phenoxy) is 1. The van der Waals surface area contributed by atoms with E-state index in [0.29, 0.717) is 12.5 Å². The maximum atomic E-state index is 12.8. The van der Waals surface area contributed by atoms with Gasteiger partial charge in [-0.3, -0.25) is 4.79 Å². The molecule has 4 nitrogen and oxygen atoms in total. The molecule has 1 fully saturated rings. The van der Waals surface area contributed by atoms with Gasteiger partial charge in [-0.1, -0.05) is 13.0 Å². The maximum Gasteiger partial charge on any atom is 0.230 e. The summed E-state index contributed by atoms with van der Waals surface area (Å²) in [6, 6.07) is 6.05. The standard InChI is InChI=1S/C16H22N2O2/c1-10-4-5-14-15(6-10)20-11(2)9-18(14)16(19)12(3)13-7-17-8-13/h4-6,11-13,17H,7-9H2,1-3H3. The van der Waals surface area contributed by atoms with Crippen molar-refractivity contribution < 1.29 is 9.53 Å². The van der Waals surface area contributed by atoms with E-state index in [1.165, 1.54) is 0 Å². The normalized spacial score (nSPS) is 23.6. The van der Waals surface area contributed by atoms with Gasteiger partial charge in [-0.15, -0.1) is 0 Å². The van der Waals surface area contributed by atoms with Gasteiger partial charge in [0.15, 0.2) is 0 Å². The van der Waals surface area contributed by atoms with Crippen molar-refractivity contribution in [3.05, 3.63) is 23.8 Å². The second-order valence-electron chi connectivity index (χ2n) is 6.06. The van der Waals surface area contributed by atoms with E-state index in [1.54, 1.807) is 0 Å². The van der Waals surface area contributed by atoms with Crippen molar-refractivity contribution in [3.63, 3.8) is 0 Å². The fraction of sp³-hybridized carbons (Fsp3) is 0.562. The number of carbonyl (C=O) groups excluding carboxylic acids is 1. The number of hydrogen-bond acceptors (Lipinski definition) is 3. The number of fused-ring (bicyclic) bond motifs is 1. The molecule has 1 N–H and O–H groups in total. The van der Waals surface area contributed by atoms with Gasteiger partial charge < -0.3 is 15.0 Å². The molecule has 108 valence electrons. The van der Waals surface area contributed by atoms with E-state index in [9.17, 15) is 4.79 Å². The van der Waals surface area contributed by atoms with Crippen LogP contribution in [0.2, 0.25) is 0 Å². The van der Waals surface area contributed by atoms with Crippen molar-refractivity contribution in [2.24, 2.45) is 11.8 Å². The van der Waals surface area contributed by atoms with Crippen molar-refractivity contribution in [2.75, 3.05) is 24.5 Å². The molecular formula is C16H22N2O2. The predicted octanol–water partition coefficient (Wildman–Crippen LogP) is 1.96. The highest BCUT2D eigenvalue weighted by Gasteiger charge is 2.35. The SMILES string of the molecule is Cc1ccc2c(c1)OC(C)CN2C(=O)C(C)C1CNC1. The summed E-state index contributed by atoms with van der Waals surface area (Å²) in [6.07, 6.45) is 0.0416. The first-order valence-electron chi connectivity index (χ1n) is 7.35. The molecular weight excluding hydrogens is 252 g/mol. The summed E-state index contributed by atoms with van der Waals surface area (Å²) in [7, 11) is 0. The molecule has 0 radical (unpaired) electrons. The van der Waals surface area contributed by atoms with E-state index in [2.05, 4.69) is 5.32 Å². The fourth-order valence-corrected chi connectivity index (χ4v) is 2.87. The van der Waals surface area contributed by atoms with E-state index < -0.39 is 0 Å². The Morgan fingerprint density at radius 3 is 2.85 bits per heavy atom. The van der Waals surface area contributed by atoms with Crippen molar-refractivity contribution in [2.45, 2.75) is 26.9 Å². The molecule has 1 amide bonds. The van der Waals surface area contributed by atoms with Crippen LogP contribution in [0, 0.1) is 18.8 Å². The molecule has 0 aromatic heterocycles. The van der Waals surface area contributed by atoms with E-state index in [0.717, 1.165) is 30.1 Å². The van der Waals surface area contributed by atoms with Crippen LogP contribution in [0.3, 0.4) is 0 Å². The summed E-state index contributed by atoms with van der Waals surface area (Å²) in [5, 5.41) is 3.24. The summed E-state index contributed by atoms with van der Waals surface area (Å²) in [5.74, 6) is 1.58. The average Bonchev–Trinajstić information content (AvgIpc) is 2.34. The second kappa shape index (κ2) is 5.09. The predicted molar refractivity (Wildman–Crippen MR) is 79.1 cm³/mol. The number of nitrogens with one attached hydrogen (secondary N) is 1. The van der Waals surface area contributed by atoms with Gasteiger partial charge in [0.25, 0.3) is 0 Å². The lowest BCUT2D eigenvalue weighted by Crippen LogP contribution is -2.52. The van der Waals surface area contributed by atoms with Crippen LogP contribution in [-0.4, -0.2) is 31.6 Å². The number of rotatable bonds is 2. The number of nitrogens with zero attached hydrogens (tertiary/aromatic N) is 1. The van der Waals surface area contributed by atoms with Crippen molar-refractivity contribution in [3.8, 4) is 5.75 Å². The number of benzene rings is 1. The Kier molecular flexibility index (Phi) is 3.42. The zero-order valence-electron chi connectivity index (χ0n) is 12.3. The number of amides is 1. The quantitative estimate of drug-likeness (QED) is 0.896. The third-order valence-electron chi connectivity index (χ3n) is 4.35. The molecule has 0 bridgehead atoms. The van der Waals surface area contributed by atoms with E-state index in [1.807, 2.05) is 43.9 Å². The molecule has 1 aromatic rings. The molecule has 0 spiro atoms. The smallest absolute Gasteiger partial charge is 0.230 e. The van der Waals surface area contributed by atoms with Gasteiger partial charge in [0.05, 0.1) is 12.2 Å². The van der Waals surface area contributed by atoms with Crippen LogP contribution in [0.5, 0.6) is 5.75 Å². The van der Waals surface area contributed by atoms with Crippen LogP contribution in [-0.2, 0) is 4.79 Å². The molecule has 2 aliphatic rings. The molecule has 1 aromatic carbocycles. The first-order chi connectivity index (χ1) is 9.56. The molecule has 3 rings (SSSR count). The van der Waals surface area contributed by atoms with E-state index in [4.69, 9.17) is 4.74 Å².